The number of hydrogen-bond donors (Lipinski definition) is 0. The highest BCUT2D eigenvalue weighted by Crippen LogP contribution is 2.22. The van der Waals surface area contributed by atoms with Gasteiger partial charge >= 0.3 is 0 Å². The zero-order valence-electron chi connectivity index (χ0n) is 9.13. The van der Waals surface area contributed by atoms with Crippen LogP contribution in [-0.2, 0) is 14.8 Å². The summed E-state index contributed by atoms with van der Waals surface area (Å²) in [5, 5.41) is 1.78. The molecule has 0 saturated carbocycles. The first-order valence-electron chi connectivity index (χ1n) is 5.18. The minimum absolute atomic E-state index is 0.333. The van der Waals surface area contributed by atoms with Crippen LogP contribution in [0.25, 0.3) is 0 Å². The Balaban J connectivity index is 2.06. The number of nitrogens with zero attached hydrogens (tertiary/aromatic N) is 1. The van der Waals surface area contributed by atoms with Crippen molar-refractivity contribution in [1.29, 1.82) is 0 Å². The van der Waals surface area contributed by atoms with Gasteiger partial charge in [0.1, 0.15) is 4.21 Å². The van der Waals surface area contributed by atoms with Crippen molar-refractivity contribution >= 4 is 21.4 Å². The van der Waals surface area contributed by atoms with Crippen molar-refractivity contribution in [1.82, 2.24) is 4.31 Å². The molecule has 0 spiro atoms. The summed E-state index contributed by atoms with van der Waals surface area (Å²) in [5.41, 5.74) is 0. The first-order chi connectivity index (χ1) is 7.60. The first-order valence-corrected chi connectivity index (χ1v) is 7.50. The van der Waals surface area contributed by atoms with Gasteiger partial charge in [-0.2, -0.15) is 4.31 Å². The van der Waals surface area contributed by atoms with E-state index in [1.165, 1.54) is 15.6 Å². The first kappa shape index (κ1) is 12.0. The number of hydrogen-bond acceptors (Lipinski definition) is 4. The standard InChI is InChI=1S/C10H15NO3S2/c1-11(7-9-4-5-14-8-9)16(12,13)10-3-2-6-15-10/h2-3,6,9H,4-5,7-8H2,1H3. The molecule has 1 aromatic rings. The van der Waals surface area contributed by atoms with E-state index in [4.69, 9.17) is 4.74 Å². The molecular formula is C10H15NO3S2. The Bertz CT molecular complexity index is 421. The Labute approximate surface area is 99.9 Å². The van der Waals surface area contributed by atoms with Gasteiger partial charge in [0.2, 0.25) is 0 Å². The van der Waals surface area contributed by atoms with Gasteiger partial charge in [0.25, 0.3) is 10.0 Å². The van der Waals surface area contributed by atoms with Crippen LogP contribution in [0, 0.1) is 5.92 Å². The van der Waals surface area contributed by atoms with Crippen molar-refractivity contribution in [3.05, 3.63) is 17.5 Å². The van der Waals surface area contributed by atoms with E-state index >= 15 is 0 Å². The van der Waals surface area contributed by atoms with Crippen LogP contribution in [0.2, 0.25) is 0 Å². The summed E-state index contributed by atoms with van der Waals surface area (Å²) in [6.45, 7) is 1.96. The molecule has 2 heterocycles. The second-order valence-electron chi connectivity index (χ2n) is 3.95. The fourth-order valence-corrected chi connectivity index (χ4v) is 4.20. The minimum atomic E-state index is -3.29. The van der Waals surface area contributed by atoms with Crippen LogP contribution in [0.1, 0.15) is 6.42 Å². The van der Waals surface area contributed by atoms with E-state index in [0.717, 1.165) is 13.0 Å². The topological polar surface area (TPSA) is 46.6 Å². The van der Waals surface area contributed by atoms with E-state index in [1.54, 1.807) is 24.6 Å². The van der Waals surface area contributed by atoms with Gasteiger partial charge in [0, 0.05) is 20.2 Å². The van der Waals surface area contributed by atoms with Gasteiger partial charge in [-0.05, 0) is 23.8 Å². The molecule has 1 aliphatic rings. The second-order valence-corrected chi connectivity index (χ2v) is 7.17. The second kappa shape index (κ2) is 4.83. The van der Waals surface area contributed by atoms with Crippen LogP contribution in [0.5, 0.6) is 0 Å². The van der Waals surface area contributed by atoms with Crippen molar-refractivity contribution in [2.24, 2.45) is 5.92 Å². The fraction of sp³-hybridized carbons (Fsp3) is 0.600. The molecule has 0 aliphatic carbocycles. The number of ether oxygens (including phenoxy) is 1. The third kappa shape index (κ3) is 2.45. The summed E-state index contributed by atoms with van der Waals surface area (Å²) in [7, 11) is -1.65. The molecule has 1 unspecified atom stereocenters. The molecule has 1 saturated heterocycles. The smallest absolute Gasteiger partial charge is 0.252 e. The van der Waals surface area contributed by atoms with Gasteiger partial charge in [-0.3, -0.25) is 0 Å². The highest BCUT2D eigenvalue weighted by molar-refractivity contribution is 7.91. The van der Waals surface area contributed by atoms with Gasteiger partial charge < -0.3 is 4.74 Å². The molecule has 0 bridgehead atoms. The lowest BCUT2D eigenvalue weighted by molar-refractivity contribution is 0.182. The predicted octanol–water partition coefficient (Wildman–Crippen LogP) is 1.41. The van der Waals surface area contributed by atoms with Crippen LogP contribution in [0.3, 0.4) is 0 Å². The quantitative estimate of drug-likeness (QED) is 0.823. The van der Waals surface area contributed by atoms with Gasteiger partial charge in [-0.15, -0.1) is 11.3 Å². The molecule has 90 valence electrons. The maximum absolute atomic E-state index is 12.1. The van der Waals surface area contributed by atoms with Crippen molar-refractivity contribution in [3.63, 3.8) is 0 Å². The third-order valence-corrected chi connectivity index (χ3v) is 5.90. The lowest BCUT2D eigenvalue weighted by Gasteiger charge is -2.18. The Morgan fingerprint density at radius 1 is 1.62 bits per heavy atom. The normalized spacial score (nSPS) is 21.8. The molecule has 1 aliphatic heterocycles. The SMILES string of the molecule is CN(CC1CCOC1)S(=O)(=O)c1cccs1. The Kier molecular flexibility index (Phi) is 3.63. The van der Waals surface area contributed by atoms with Crippen LogP contribution in [-0.4, -0.2) is 39.5 Å². The van der Waals surface area contributed by atoms with Crippen LogP contribution in [0.4, 0.5) is 0 Å². The molecule has 4 nitrogen and oxygen atoms in total. The molecule has 0 amide bonds. The van der Waals surface area contributed by atoms with E-state index in [2.05, 4.69) is 0 Å². The molecular weight excluding hydrogens is 246 g/mol. The lowest BCUT2D eigenvalue weighted by atomic mass is 10.1. The van der Waals surface area contributed by atoms with Gasteiger partial charge in [-0.25, -0.2) is 8.42 Å². The molecule has 16 heavy (non-hydrogen) atoms. The predicted molar refractivity (Wildman–Crippen MR) is 63.1 cm³/mol. The fourth-order valence-electron chi connectivity index (χ4n) is 1.75. The largest absolute Gasteiger partial charge is 0.381 e. The zero-order valence-corrected chi connectivity index (χ0v) is 10.8. The number of thiophene rings is 1. The van der Waals surface area contributed by atoms with Crippen molar-refractivity contribution in [3.8, 4) is 0 Å². The Hall–Kier alpha value is -0.430. The summed E-state index contributed by atoms with van der Waals surface area (Å²) in [4.78, 5) is 0. The summed E-state index contributed by atoms with van der Waals surface area (Å²) in [6, 6.07) is 3.39. The monoisotopic (exact) mass is 261 g/mol. The van der Waals surface area contributed by atoms with E-state index in [9.17, 15) is 8.42 Å². The highest BCUT2D eigenvalue weighted by atomic mass is 32.2. The zero-order chi connectivity index (χ0) is 11.6. The molecule has 1 fully saturated rings. The Morgan fingerprint density at radius 3 is 3.00 bits per heavy atom. The number of sulfonamides is 1. The molecule has 0 aromatic carbocycles. The van der Waals surface area contributed by atoms with E-state index < -0.39 is 10.0 Å². The van der Waals surface area contributed by atoms with Crippen molar-refractivity contribution in [2.75, 3.05) is 26.8 Å². The molecule has 0 N–H and O–H groups in total. The van der Waals surface area contributed by atoms with Crippen LogP contribution >= 0.6 is 11.3 Å². The minimum Gasteiger partial charge on any atom is -0.381 e. The van der Waals surface area contributed by atoms with Gasteiger partial charge in [0.05, 0.1) is 6.61 Å². The average molecular weight is 261 g/mol. The summed E-state index contributed by atoms with van der Waals surface area (Å²) in [6.07, 6.45) is 0.949. The van der Waals surface area contributed by atoms with Crippen LogP contribution < -0.4 is 0 Å². The van der Waals surface area contributed by atoms with Gasteiger partial charge in [-0.1, -0.05) is 6.07 Å². The maximum Gasteiger partial charge on any atom is 0.252 e. The molecule has 1 aromatic heterocycles. The van der Waals surface area contributed by atoms with Crippen molar-refractivity contribution < 1.29 is 13.2 Å². The molecule has 1 atom stereocenters. The maximum atomic E-state index is 12.1. The van der Waals surface area contributed by atoms with Crippen molar-refractivity contribution in [2.45, 2.75) is 10.6 Å². The van der Waals surface area contributed by atoms with E-state index in [1.807, 2.05) is 0 Å². The van der Waals surface area contributed by atoms with Gasteiger partial charge in [0.15, 0.2) is 0 Å². The van der Waals surface area contributed by atoms with E-state index in [0.29, 0.717) is 23.3 Å². The molecule has 6 heteroatoms. The van der Waals surface area contributed by atoms with Crippen LogP contribution in [0.15, 0.2) is 21.7 Å². The number of rotatable bonds is 4. The Morgan fingerprint density at radius 2 is 2.44 bits per heavy atom. The highest BCUT2D eigenvalue weighted by Gasteiger charge is 2.26. The molecule has 2 rings (SSSR count). The van der Waals surface area contributed by atoms with E-state index in [-0.39, 0.29) is 0 Å². The lowest BCUT2D eigenvalue weighted by Crippen LogP contribution is -2.31. The summed E-state index contributed by atoms with van der Waals surface area (Å²) >= 11 is 1.26. The summed E-state index contributed by atoms with van der Waals surface area (Å²) < 4.78 is 31.2. The molecule has 0 radical (unpaired) electrons. The average Bonchev–Trinajstić information content (AvgIpc) is 2.89. The third-order valence-electron chi connectivity index (χ3n) is 2.70. The summed E-state index contributed by atoms with van der Waals surface area (Å²) in [5.74, 6) is 0.333.